The number of amides is 3. The van der Waals surface area contributed by atoms with Gasteiger partial charge < -0.3 is 24.9 Å². The SMILES string of the molecule is Cc1ccc(S(=O)(=O)O)cc1C(C)(C)C(/C=C/C=C/C=C/C=C1/N(CCCCCC(=O)ON2C(=O)CCC2=O)c2ccc(S(=O)(=O)O)cc2C1(C)C)=N/CCCNC(=O)C1(C)CCc2c(C)c(O)c(C)c(C)c2O1. The van der Waals surface area contributed by atoms with Crippen molar-refractivity contribution in [1.29, 1.82) is 0 Å². The Hall–Kier alpha value is -6.41. The summed E-state index contributed by atoms with van der Waals surface area (Å²) in [5, 5.41) is 14.1. The van der Waals surface area contributed by atoms with E-state index in [-0.39, 0.29) is 40.7 Å². The maximum atomic E-state index is 13.6. The van der Waals surface area contributed by atoms with Crippen LogP contribution in [0.2, 0.25) is 0 Å². The van der Waals surface area contributed by atoms with Gasteiger partial charge in [0, 0.05) is 78.8 Å². The maximum absolute atomic E-state index is 13.6. The van der Waals surface area contributed by atoms with Crippen LogP contribution < -0.4 is 15.0 Å². The fourth-order valence-corrected chi connectivity index (χ4v) is 10.7. The summed E-state index contributed by atoms with van der Waals surface area (Å²) in [5.74, 6) is -1.14. The molecule has 0 radical (unpaired) electrons. The molecule has 1 saturated heterocycles. The number of allylic oxidation sites excluding steroid dienone is 8. The Morgan fingerprint density at radius 1 is 0.824 bits per heavy atom. The van der Waals surface area contributed by atoms with Gasteiger partial charge in [-0.3, -0.25) is 28.5 Å². The third kappa shape index (κ3) is 12.6. The third-order valence-electron chi connectivity index (χ3n) is 14.3. The second-order valence-electron chi connectivity index (χ2n) is 20.3. The molecule has 0 saturated carbocycles. The van der Waals surface area contributed by atoms with E-state index in [9.17, 15) is 50.2 Å². The van der Waals surface area contributed by atoms with E-state index in [1.165, 1.54) is 24.3 Å². The molecule has 0 spiro atoms. The molecule has 398 valence electrons. The van der Waals surface area contributed by atoms with Crippen LogP contribution in [0.15, 0.2) is 99.4 Å². The van der Waals surface area contributed by atoms with Crippen molar-refractivity contribution in [3.8, 4) is 11.5 Å². The second-order valence-corrected chi connectivity index (χ2v) is 23.1. The first kappa shape index (κ1) is 56.9. The van der Waals surface area contributed by atoms with Crippen LogP contribution in [0.3, 0.4) is 0 Å². The lowest BCUT2D eigenvalue weighted by Crippen LogP contribution is -2.51. The van der Waals surface area contributed by atoms with Crippen molar-refractivity contribution >= 4 is 55.3 Å². The van der Waals surface area contributed by atoms with Crippen LogP contribution in [0, 0.1) is 27.7 Å². The van der Waals surface area contributed by atoms with Gasteiger partial charge in [-0.05, 0) is 136 Å². The number of anilines is 1. The molecule has 3 amide bonds. The fourth-order valence-electron chi connectivity index (χ4n) is 9.67. The van der Waals surface area contributed by atoms with Gasteiger partial charge >= 0.3 is 5.97 Å². The molecule has 0 aliphatic carbocycles. The fraction of sp³-hybridized carbons (Fsp3) is 0.436. The van der Waals surface area contributed by atoms with Crippen molar-refractivity contribution < 1.29 is 59.8 Å². The molecule has 3 heterocycles. The zero-order valence-corrected chi connectivity index (χ0v) is 45.2. The number of aryl methyl sites for hydroxylation is 1. The zero-order chi connectivity index (χ0) is 54.6. The molecule has 19 heteroatoms. The van der Waals surface area contributed by atoms with Gasteiger partial charge in [0.25, 0.3) is 38.0 Å². The van der Waals surface area contributed by atoms with E-state index in [1.54, 1.807) is 25.1 Å². The number of nitrogens with zero attached hydrogens (tertiary/aromatic N) is 3. The first-order valence-corrected chi connectivity index (χ1v) is 27.6. The number of phenols is 1. The van der Waals surface area contributed by atoms with Gasteiger partial charge in [-0.25, -0.2) is 4.79 Å². The Kier molecular flexibility index (Phi) is 17.4. The molecular formula is C55H68N4O13S2. The van der Waals surface area contributed by atoms with Gasteiger partial charge in [0.05, 0.1) is 9.79 Å². The van der Waals surface area contributed by atoms with Gasteiger partial charge in [-0.2, -0.15) is 16.8 Å². The number of phenolic OH excluding ortho intramolecular Hbond substituents is 1. The van der Waals surface area contributed by atoms with Crippen LogP contribution in [0.25, 0.3) is 0 Å². The van der Waals surface area contributed by atoms with Gasteiger partial charge in [0.2, 0.25) is 0 Å². The van der Waals surface area contributed by atoms with Crippen LogP contribution in [0.5, 0.6) is 11.5 Å². The van der Waals surface area contributed by atoms with E-state index in [4.69, 9.17) is 14.6 Å². The Morgan fingerprint density at radius 2 is 1.46 bits per heavy atom. The number of fused-ring (bicyclic) bond motifs is 2. The van der Waals surface area contributed by atoms with E-state index in [2.05, 4.69) is 10.2 Å². The number of aliphatic imine (C=N–C) groups is 1. The molecule has 74 heavy (non-hydrogen) atoms. The summed E-state index contributed by atoms with van der Waals surface area (Å²) >= 11 is 0. The summed E-state index contributed by atoms with van der Waals surface area (Å²) < 4.78 is 74.9. The second kappa shape index (κ2) is 22.6. The molecule has 17 nitrogen and oxygen atoms in total. The molecule has 1 atom stereocenters. The lowest BCUT2D eigenvalue weighted by molar-refractivity contribution is -0.197. The van der Waals surface area contributed by atoms with Gasteiger partial charge in [0.1, 0.15) is 11.5 Å². The number of imide groups is 1. The van der Waals surface area contributed by atoms with E-state index in [0.717, 1.165) is 33.6 Å². The average Bonchev–Trinajstić information content (AvgIpc) is 3.75. The molecule has 3 aromatic carbocycles. The summed E-state index contributed by atoms with van der Waals surface area (Å²) in [6, 6.07) is 8.93. The number of carbonyl (C=O) groups is 4. The van der Waals surface area contributed by atoms with E-state index in [0.29, 0.717) is 91.4 Å². The highest BCUT2D eigenvalue weighted by Gasteiger charge is 2.42. The molecule has 3 aromatic rings. The summed E-state index contributed by atoms with van der Waals surface area (Å²) in [7, 11) is -8.98. The highest BCUT2D eigenvalue weighted by atomic mass is 32.2. The summed E-state index contributed by atoms with van der Waals surface area (Å²) in [4.78, 5) is 61.2. The average molecular weight is 1060 g/mol. The topological polar surface area (TPSA) is 247 Å². The van der Waals surface area contributed by atoms with Gasteiger partial charge in [-0.15, -0.1) is 5.06 Å². The third-order valence-corrected chi connectivity index (χ3v) is 16.0. The minimum atomic E-state index is -4.50. The monoisotopic (exact) mass is 1060 g/mol. The van der Waals surface area contributed by atoms with E-state index in [1.807, 2.05) is 91.8 Å². The standard InChI is InChI=1S/C55H68N4O13S2/c1-35-22-23-39(73(65,66)67)33-42(35)53(5,6)45(56-30-18-31-57-52(64)55(9)29-28-41-38(4)50(63)36(2)37(3)51(41)71-55)19-14-11-10-12-15-20-46-54(7,8)43-34-40(74(68,69)70)24-25-44(43)58(46)32-17-13-16-21-49(62)72-59-47(60)26-27-48(59)61/h10-12,14-15,19-20,22-25,33-34,63H,13,16-18,21,26-32H2,1-9H3,(H,57,64)(H,65,66,67)(H,68,69,70)/b11-10+,15-12+,19-14+,46-20+,56-45+. The number of hydrogen-bond acceptors (Lipinski definition) is 13. The Balaban J connectivity index is 1.16. The number of rotatable bonds is 20. The number of unbranched alkanes of at least 4 members (excludes halogenated alkanes) is 2. The molecule has 1 unspecified atom stereocenters. The molecule has 0 bridgehead atoms. The number of aromatic hydroxyl groups is 1. The molecule has 1 fully saturated rings. The van der Waals surface area contributed by atoms with Gasteiger partial charge in [-0.1, -0.05) is 70.6 Å². The Labute approximate surface area is 434 Å². The number of hydroxylamine groups is 2. The quantitative estimate of drug-likeness (QED) is 0.0272. The smallest absolute Gasteiger partial charge is 0.333 e. The van der Waals surface area contributed by atoms with Gasteiger partial charge in [0.15, 0.2) is 5.60 Å². The van der Waals surface area contributed by atoms with Crippen molar-refractivity contribution in [1.82, 2.24) is 10.4 Å². The van der Waals surface area contributed by atoms with Crippen molar-refractivity contribution in [2.24, 2.45) is 4.99 Å². The predicted octanol–water partition coefficient (Wildman–Crippen LogP) is 8.65. The van der Waals surface area contributed by atoms with Crippen LogP contribution in [-0.2, 0) is 61.5 Å². The Bertz CT molecular complexity index is 3100. The highest BCUT2D eigenvalue weighted by molar-refractivity contribution is 7.86. The number of benzene rings is 3. The summed E-state index contributed by atoms with van der Waals surface area (Å²) in [6.07, 6.45) is 16.0. The van der Waals surface area contributed by atoms with E-state index < -0.39 is 54.5 Å². The number of ether oxygens (including phenoxy) is 1. The molecule has 0 aromatic heterocycles. The van der Waals surface area contributed by atoms with Crippen molar-refractivity contribution in [2.45, 2.75) is 146 Å². The maximum Gasteiger partial charge on any atom is 0.333 e. The molecule has 3 aliphatic heterocycles. The normalized spacial score (nSPS) is 18.7. The summed E-state index contributed by atoms with van der Waals surface area (Å²) in [5.41, 5.74) is 4.88. The van der Waals surface area contributed by atoms with Crippen LogP contribution in [0.1, 0.15) is 125 Å². The van der Waals surface area contributed by atoms with E-state index >= 15 is 0 Å². The first-order chi connectivity index (χ1) is 34.6. The Morgan fingerprint density at radius 3 is 2.14 bits per heavy atom. The highest BCUT2D eigenvalue weighted by Crippen LogP contribution is 2.49. The number of nitrogens with one attached hydrogen (secondary N) is 1. The molecular weight excluding hydrogens is 989 g/mol. The lowest BCUT2D eigenvalue weighted by Gasteiger charge is -2.36. The minimum Gasteiger partial charge on any atom is -0.507 e. The number of carbonyl (C=O) groups excluding carboxylic acids is 4. The van der Waals surface area contributed by atoms with Crippen molar-refractivity contribution in [2.75, 3.05) is 24.5 Å². The lowest BCUT2D eigenvalue weighted by atomic mass is 9.77. The predicted molar refractivity (Wildman–Crippen MR) is 281 cm³/mol. The van der Waals surface area contributed by atoms with Crippen LogP contribution >= 0.6 is 0 Å². The zero-order valence-electron chi connectivity index (χ0n) is 43.6. The van der Waals surface area contributed by atoms with Crippen LogP contribution in [0.4, 0.5) is 5.69 Å². The summed E-state index contributed by atoms with van der Waals surface area (Å²) in [6.45, 7) is 18.0. The largest absolute Gasteiger partial charge is 0.507 e. The first-order valence-electron chi connectivity index (χ1n) is 24.7. The van der Waals surface area contributed by atoms with Crippen molar-refractivity contribution in [3.05, 3.63) is 124 Å². The minimum absolute atomic E-state index is 0.00865. The van der Waals surface area contributed by atoms with Crippen LogP contribution in [-0.4, -0.2) is 90.7 Å². The molecule has 6 rings (SSSR count). The molecule has 3 aliphatic rings. The number of hydrogen-bond donors (Lipinski definition) is 4. The molecule has 4 N–H and O–H groups in total. The van der Waals surface area contributed by atoms with Crippen molar-refractivity contribution in [3.63, 3.8) is 0 Å².